The van der Waals surface area contributed by atoms with Crippen molar-refractivity contribution in [2.24, 2.45) is 0 Å². The second-order valence-electron chi connectivity index (χ2n) is 4.33. The lowest BCUT2D eigenvalue weighted by Crippen LogP contribution is -2.34. The van der Waals surface area contributed by atoms with Crippen LogP contribution in [0.5, 0.6) is 5.75 Å². The number of aromatic hydroxyl groups is 1. The molecule has 88 valence electrons. The molecule has 1 fully saturated rings. The zero-order chi connectivity index (χ0) is 11.4. The maximum absolute atomic E-state index is 9.77. The summed E-state index contributed by atoms with van der Waals surface area (Å²) in [6, 6.07) is 8.42. The minimum atomic E-state index is 0.231. The molecule has 16 heavy (non-hydrogen) atoms. The van der Waals surface area contributed by atoms with Crippen LogP contribution < -0.4 is 5.32 Å². The Labute approximate surface area is 101 Å². The van der Waals surface area contributed by atoms with E-state index in [1.54, 1.807) is 6.07 Å². The van der Waals surface area contributed by atoms with Crippen molar-refractivity contribution in [2.45, 2.75) is 31.8 Å². The first-order chi connectivity index (χ1) is 7.77. The molecule has 1 aliphatic heterocycles. The topological polar surface area (TPSA) is 32.3 Å². The molecule has 2 nitrogen and oxygen atoms in total. The maximum Gasteiger partial charge on any atom is 0.120 e. The minimum absolute atomic E-state index is 0.231. The zero-order valence-electron chi connectivity index (χ0n) is 9.65. The molecule has 0 aliphatic carbocycles. The van der Waals surface area contributed by atoms with Crippen LogP contribution in [0.25, 0.3) is 0 Å². The van der Waals surface area contributed by atoms with Gasteiger partial charge in [-0.1, -0.05) is 18.2 Å². The van der Waals surface area contributed by atoms with Crippen LogP contribution in [0.3, 0.4) is 0 Å². The van der Waals surface area contributed by atoms with Gasteiger partial charge in [-0.2, -0.15) is 11.8 Å². The smallest absolute Gasteiger partial charge is 0.120 e. The Morgan fingerprint density at radius 3 is 2.69 bits per heavy atom. The molecule has 0 radical (unpaired) electrons. The molecule has 3 heteroatoms. The fourth-order valence-corrected chi connectivity index (χ4v) is 3.27. The predicted octanol–water partition coefficient (Wildman–Crippen LogP) is 2.94. The van der Waals surface area contributed by atoms with Crippen LogP contribution in [0, 0.1) is 0 Å². The second-order valence-corrected chi connectivity index (χ2v) is 5.56. The Hall–Kier alpha value is -0.670. The molecule has 0 saturated carbocycles. The highest BCUT2D eigenvalue weighted by atomic mass is 32.2. The Bertz CT molecular complexity index is 336. The van der Waals surface area contributed by atoms with E-state index in [1.165, 1.54) is 24.3 Å². The fourth-order valence-electron chi connectivity index (χ4n) is 2.16. The van der Waals surface area contributed by atoms with E-state index in [9.17, 15) is 5.11 Å². The van der Waals surface area contributed by atoms with Crippen LogP contribution in [-0.2, 0) is 0 Å². The average Bonchev–Trinajstić information content (AvgIpc) is 2.31. The molecular formula is C13H19NOS. The highest BCUT2D eigenvalue weighted by Gasteiger charge is 2.17. The standard InChI is InChI=1S/C13H19NOS/c1-10(12-4-2-3-5-13(12)15)14-11-6-8-16-9-7-11/h2-5,10-11,14-15H,6-9H2,1H3. The van der Waals surface area contributed by atoms with Gasteiger partial charge in [-0.25, -0.2) is 0 Å². The molecular weight excluding hydrogens is 218 g/mol. The molecule has 0 spiro atoms. The van der Waals surface area contributed by atoms with Crippen molar-refractivity contribution < 1.29 is 5.11 Å². The Kier molecular flexibility index (Phi) is 4.13. The van der Waals surface area contributed by atoms with Crippen molar-refractivity contribution in [2.75, 3.05) is 11.5 Å². The molecule has 1 aliphatic rings. The summed E-state index contributed by atoms with van der Waals surface area (Å²) < 4.78 is 0. The number of benzene rings is 1. The van der Waals surface area contributed by atoms with Crippen molar-refractivity contribution in [3.05, 3.63) is 29.8 Å². The van der Waals surface area contributed by atoms with Crippen LogP contribution in [0.2, 0.25) is 0 Å². The molecule has 2 rings (SSSR count). The normalized spacial score (nSPS) is 19.6. The van der Waals surface area contributed by atoms with Gasteiger partial charge in [0.25, 0.3) is 0 Å². The van der Waals surface area contributed by atoms with Gasteiger partial charge in [0.15, 0.2) is 0 Å². The summed E-state index contributed by atoms with van der Waals surface area (Å²) >= 11 is 2.04. The summed E-state index contributed by atoms with van der Waals surface area (Å²) in [5.74, 6) is 2.91. The zero-order valence-corrected chi connectivity index (χ0v) is 10.5. The molecule has 0 aromatic heterocycles. The average molecular weight is 237 g/mol. The van der Waals surface area contributed by atoms with E-state index in [0.717, 1.165) is 5.56 Å². The second kappa shape index (κ2) is 5.60. The SMILES string of the molecule is CC(NC1CCSCC1)c1ccccc1O. The number of hydrogen-bond acceptors (Lipinski definition) is 3. The number of thioether (sulfide) groups is 1. The Morgan fingerprint density at radius 2 is 2.00 bits per heavy atom. The van der Waals surface area contributed by atoms with Crippen LogP contribution in [0.1, 0.15) is 31.4 Å². The van der Waals surface area contributed by atoms with Crippen molar-refractivity contribution in [1.82, 2.24) is 5.32 Å². The van der Waals surface area contributed by atoms with E-state index < -0.39 is 0 Å². The van der Waals surface area contributed by atoms with E-state index in [0.29, 0.717) is 11.8 Å². The quantitative estimate of drug-likeness (QED) is 0.848. The Morgan fingerprint density at radius 1 is 1.31 bits per heavy atom. The van der Waals surface area contributed by atoms with Crippen LogP contribution >= 0.6 is 11.8 Å². The van der Waals surface area contributed by atoms with Crippen molar-refractivity contribution in [1.29, 1.82) is 0 Å². The maximum atomic E-state index is 9.77. The van der Waals surface area contributed by atoms with Gasteiger partial charge in [0.2, 0.25) is 0 Å². The molecule has 1 atom stereocenters. The van der Waals surface area contributed by atoms with Gasteiger partial charge in [-0.05, 0) is 37.3 Å². The summed E-state index contributed by atoms with van der Waals surface area (Å²) in [5, 5.41) is 13.4. The third-order valence-corrected chi connectivity index (χ3v) is 4.16. The number of para-hydroxylation sites is 1. The largest absolute Gasteiger partial charge is 0.508 e. The first-order valence-corrected chi connectivity index (χ1v) is 7.04. The molecule has 0 bridgehead atoms. The van der Waals surface area contributed by atoms with Gasteiger partial charge in [-0.3, -0.25) is 0 Å². The number of nitrogens with one attached hydrogen (secondary N) is 1. The lowest BCUT2D eigenvalue weighted by atomic mass is 10.0. The molecule has 2 N–H and O–H groups in total. The molecule has 0 amide bonds. The van der Waals surface area contributed by atoms with Gasteiger partial charge in [0.1, 0.15) is 5.75 Å². The third-order valence-electron chi connectivity index (χ3n) is 3.11. The third kappa shape index (κ3) is 2.92. The predicted molar refractivity (Wildman–Crippen MR) is 70.0 cm³/mol. The minimum Gasteiger partial charge on any atom is -0.508 e. The van der Waals surface area contributed by atoms with Crippen molar-refractivity contribution in [3.8, 4) is 5.75 Å². The van der Waals surface area contributed by atoms with Crippen molar-refractivity contribution >= 4 is 11.8 Å². The number of rotatable bonds is 3. The molecule has 1 unspecified atom stereocenters. The van der Waals surface area contributed by atoms with Crippen molar-refractivity contribution in [3.63, 3.8) is 0 Å². The Balaban J connectivity index is 1.96. The summed E-state index contributed by atoms with van der Waals surface area (Å²) in [4.78, 5) is 0. The van der Waals surface area contributed by atoms with Gasteiger partial charge in [-0.15, -0.1) is 0 Å². The summed E-state index contributed by atoms with van der Waals surface area (Å²) in [6.45, 7) is 2.12. The van der Waals surface area contributed by atoms with Crippen LogP contribution in [0.15, 0.2) is 24.3 Å². The molecule has 1 aromatic rings. The molecule has 1 aromatic carbocycles. The lowest BCUT2D eigenvalue weighted by molar-refractivity contribution is 0.410. The highest BCUT2D eigenvalue weighted by molar-refractivity contribution is 7.99. The van der Waals surface area contributed by atoms with E-state index in [4.69, 9.17) is 0 Å². The summed E-state index contributed by atoms with van der Waals surface area (Å²) in [7, 11) is 0. The van der Waals surface area contributed by atoms with Gasteiger partial charge < -0.3 is 10.4 Å². The molecule has 1 heterocycles. The first kappa shape index (κ1) is 11.8. The molecule has 1 saturated heterocycles. The number of hydrogen-bond donors (Lipinski definition) is 2. The van der Waals surface area contributed by atoms with E-state index in [1.807, 2.05) is 30.0 Å². The van der Waals surface area contributed by atoms with Crippen LogP contribution in [0.4, 0.5) is 0 Å². The highest BCUT2D eigenvalue weighted by Crippen LogP contribution is 2.25. The van der Waals surface area contributed by atoms with Gasteiger partial charge in [0, 0.05) is 17.6 Å². The fraction of sp³-hybridized carbons (Fsp3) is 0.538. The monoisotopic (exact) mass is 237 g/mol. The van der Waals surface area contributed by atoms with E-state index in [-0.39, 0.29) is 6.04 Å². The first-order valence-electron chi connectivity index (χ1n) is 5.89. The summed E-state index contributed by atoms with van der Waals surface area (Å²) in [5.41, 5.74) is 1.00. The van der Waals surface area contributed by atoms with Gasteiger partial charge in [0.05, 0.1) is 0 Å². The van der Waals surface area contributed by atoms with E-state index >= 15 is 0 Å². The van der Waals surface area contributed by atoms with E-state index in [2.05, 4.69) is 12.2 Å². The van der Waals surface area contributed by atoms with Gasteiger partial charge >= 0.3 is 0 Å². The lowest BCUT2D eigenvalue weighted by Gasteiger charge is -2.26. The van der Waals surface area contributed by atoms with Crippen LogP contribution in [-0.4, -0.2) is 22.7 Å². The number of phenolic OH excluding ortho intramolecular Hbond substituents is 1. The summed E-state index contributed by atoms with van der Waals surface area (Å²) in [6.07, 6.45) is 2.48. The number of phenols is 1.